The van der Waals surface area contributed by atoms with E-state index in [1.165, 1.54) is 7.11 Å². The summed E-state index contributed by atoms with van der Waals surface area (Å²) >= 11 is 6.39. The molecule has 4 aliphatic rings. The number of carbonyl (C=O) groups excluding carboxylic acids is 1. The van der Waals surface area contributed by atoms with Crippen LogP contribution in [-0.2, 0) is 37.6 Å². The molecule has 10 atom stereocenters. The lowest BCUT2D eigenvalue weighted by molar-refractivity contribution is -0.217. The van der Waals surface area contributed by atoms with E-state index in [2.05, 4.69) is 33.9 Å². The lowest BCUT2D eigenvalue weighted by Crippen LogP contribution is -2.52. The molecule has 4 fully saturated rings. The topological polar surface area (TPSA) is 102 Å². The first-order chi connectivity index (χ1) is 15.7. The van der Waals surface area contributed by atoms with E-state index in [1.807, 2.05) is 13.8 Å². The normalized spacial score (nSPS) is 42.4. The van der Waals surface area contributed by atoms with Gasteiger partial charge in [-0.25, -0.2) is 0 Å². The third-order valence-corrected chi connectivity index (χ3v) is 12.7. The second-order valence-corrected chi connectivity index (χ2v) is 17.0. The number of hydrogen-bond acceptors (Lipinski definition) is 9. The van der Waals surface area contributed by atoms with Crippen LogP contribution in [0.4, 0.5) is 0 Å². The van der Waals surface area contributed by atoms with Crippen LogP contribution in [0.15, 0.2) is 0 Å². The number of Topliss-reactive ketones (excluding diaryl/α,β-unsaturated/α-hetero) is 1. The summed E-state index contributed by atoms with van der Waals surface area (Å²) in [5.41, 5.74) is 0. The summed E-state index contributed by atoms with van der Waals surface area (Å²) in [5, 5.41) is 10.6. The second kappa shape index (κ2) is 9.31. The van der Waals surface area contributed by atoms with Gasteiger partial charge in [0.2, 0.25) is 0 Å². The van der Waals surface area contributed by atoms with Crippen LogP contribution in [0.5, 0.6) is 0 Å². The molecule has 0 aromatic rings. The Morgan fingerprint density at radius 2 is 1.82 bits per heavy atom. The molecule has 0 saturated carbocycles. The zero-order chi connectivity index (χ0) is 25.2. The summed E-state index contributed by atoms with van der Waals surface area (Å²) in [4.78, 5) is 13.0. The standard InChI is InChI=1S/C23H39ClO9Si/c1-22(2,3)34(7,8)33-16-12(29-21-20(16)31-23(4,5)32-21)9-11(25)13-15(26)18-14(24)19(17(13)30-18)28-10-27-6/h11-14,16-21,25H,9-10H2,1-8H3/t11-,12-,13-,14-,16+,17-,18-,19-,20-,21-/m1/s1. The molecule has 9 nitrogen and oxygen atoms in total. The lowest BCUT2D eigenvalue weighted by atomic mass is 9.80. The van der Waals surface area contributed by atoms with Gasteiger partial charge in [0.05, 0.1) is 29.6 Å². The Bertz CT molecular complexity index is 772. The number of carbonyl (C=O) groups is 1. The molecule has 0 spiro atoms. The first-order valence-corrected chi connectivity index (χ1v) is 15.3. The first kappa shape index (κ1) is 26.9. The quantitative estimate of drug-likeness (QED) is 0.292. The second-order valence-electron chi connectivity index (χ2n) is 11.7. The van der Waals surface area contributed by atoms with Crippen molar-refractivity contribution < 1.29 is 42.7 Å². The molecule has 196 valence electrons. The number of fused-ring (bicyclic) bond motifs is 3. The predicted octanol–water partition coefficient (Wildman–Crippen LogP) is 2.57. The van der Waals surface area contributed by atoms with Crippen molar-refractivity contribution in [2.75, 3.05) is 13.9 Å². The number of methoxy groups -OCH3 is 1. The van der Waals surface area contributed by atoms with Gasteiger partial charge in [-0.15, -0.1) is 11.6 Å². The van der Waals surface area contributed by atoms with Gasteiger partial charge in [0.1, 0.15) is 31.2 Å². The molecule has 0 aromatic carbocycles. The van der Waals surface area contributed by atoms with Crippen LogP contribution in [0.25, 0.3) is 0 Å². The van der Waals surface area contributed by atoms with Crippen molar-refractivity contribution in [1.82, 2.24) is 0 Å². The zero-order valence-corrected chi connectivity index (χ0v) is 23.0. The van der Waals surface area contributed by atoms with Crippen LogP contribution in [0.1, 0.15) is 41.0 Å². The maximum atomic E-state index is 13.0. The fourth-order valence-corrected chi connectivity index (χ4v) is 6.78. The van der Waals surface area contributed by atoms with Gasteiger partial charge in [0, 0.05) is 13.5 Å². The summed E-state index contributed by atoms with van der Waals surface area (Å²) in [6.07, 6.45) is -4.79. The molecule has 4 aliphatic heterocycles. The Kier molecular flexibility index (Phi) is 7.37. The molecule has 1 N–H and O–H groups in total. The molecule has 0 amide bonds. The summed E-state index contributed by atoms with van der Waals surface area (Å²) in [7, 11) is -0.692. The number of aliphatic hydroxyl groups is 1. The molecular formula is C23H39ClO9Si. The molecule has 34 heavy (non-hydrogen) atoms. The molecular weight excluding hydrogens is 484 g/mol. The van der Waals surface area contributed by atoms with Gasteiger partial charge in [-0.05, 0) is 32.0 Å². The molecule has 0 aromatic heterocycles. The smallest absolute Gasteiger partial charge is 0.192 e. The Balaban J connectivity index is 1.51. The summed E-state index contributed by atoms with van der Waals surface area (Å²) in [6.45, 7) is 14.5. The van der Waals surface area contributed by atoms with Crippen molar-refractivity contribution in [3.8, 4) is 0 Å². The van der Waals surface area contributed by atoms with E-state index in [4.69, 9.17) is 44.4 Å². The van der Waals surface area contributed by atoms with E-state index in [0.29, 0.717) is 0 Å². The zero-order valence-electron chi connectivity index (χ0n) is 21.3. The molecule has 4 rings (SSSR count). The van der Waals surface area contributed by atoms with Crippen molar-refractivity contribution in [3.05, 3.63) is 0 Å². The van der Waals surface area contributed by atoms with E-state index < -0.39 is 74.4 Å². The summed E-state index contributed by atoms with van der Waals surface area (Å²) < 4.78 is 41.5. The van der Waals surface area contributed by atoms with Crippen molar-refractivity contribution in [2.45, 2.75) is 119 Å². The lowest BCUT2D eigenvalue weighted by Gasteiger charge is -2.41. The molecule has 0 radical (unpaired) electrons. The van der Waals surface area contributed by atoms with E-state index in [1.54, 1.807) is 0 Å². The Hall–Kier alpha value is -0.143. The minimum atomic E-state index is -2.20. The highest BCUT2D eigenvalue weighted by Crippen LogP contribution is 2.47. The van der Waals surface area contributed by atoms with Crippen molar-refractivity contribution in [1.29, 1.82) is 0 Å². The van der Waals surface area contributed by atoms with Crippen LogP contribution in [-0.4, -0.2) is 93.3 Å². The number of halogens is 1. The van der Waals surface area contributed by atoms with Gasteiger partial charge >= 0.3 is 0 Å². The Labute approximate surface area is 207 Å². The van der Waals surface area contributed by atoms with Crippen molar-refractivity contribution in [2.24, 2.45) is 5.92 Å². The SMILES string of the molecule is COCO[C@@H]1[C@H](Cl)[C@H]2O[C@@H]1[C@H]([C@H](O)C[C@H]1O[C@@H]3OC(C)(C)O[C@@H]3[C@H]1O[Si](C)(C)C(C)(C)C)C2=O. The Morgan fingerprint density at radius 1 is 1.15 bits per heavy atom. The van der Waals surface area contributed by atoms with Crippen LogP contribution in [0, 0.1) is 5.92 Å². The molecule has 2 bridgehead atoms. The average Bonchev–Trinajstić information content (AvgIpc) is 3.37. The number of ether oxygens (including phenoxy) is 6. The maximum absolute atomic E-state index is 13.0. The van der Waals surface area contributed by atoms with Crippen LogP contribution in [0.2, 0.25) is 18.1 Å². The van der Waals surface area contributed by atoms with Gasteiger partial charge in [-0.3, -0.25) is 4.79 Å². The molecule has 4 heterocycles. The first-order valence-electron chi connectivity index (χ1n) is 12.0. The number of ketones is 1. The summed E-state index contributed by atoms with van der Waals surface area (Å²) in [6, 6.07) is 0. The third kappa shape index (κ3) is 4.76. The minimum absolute atomic E-state index is 0.0272. The number of hydrogen-bond donors (Lipinski definition) is 1. The predicted molar refractivity (Wildman–Crippen MR) is 125 cm³/mol. The molecule has 0 aliphatic carbocycles. The number of aliphatic hydroxyl groups excluding tert-OH is 1. The van der Waals surface area contributed by atoms with E-state index >= 15 is 0 Å². The largest absolute Gasteiger partial charge is 0.408 e. The van der Waals surface area contributed by atoms with Crippen LogP contribution < -0.4 is 0 Å². The van der Waals surface area contributed by atoms with E-state index in [0.717, 1.165) is 0 Å². The minimum Gasteiger partial charge on any atom is -0.408 e. The van der Waals surface area contributed by atoms with Crippen molar-refractivity contribution in [3.63, 3.8) is 0 Å². The fourth-order valence-electron chi connectivity index (χ4n) is 5.06. The molecule has 11 heteroatoms. The average molecular weight is 523 g/mol. The van der Waals surface area contributed by atoms with Gasteiger partial charge in [0.25, 0.3) is 0 Å². The molecule has 4 saturated heterocycles. The van der Waals surface area contributed by atoms with E-state index in [9.17, 15) is 9.90 Å². The highest BCUT2D eigenvalue weighted by Gasteiger charge is 2.63. The van der Waals surface area contributed by atoms with E-state index in [-0.39, 0.29) is 24.0 Å². The highest BCUT2D eigenvalue weighted by molar-refractivity contribution is 6.74. The highest BCUT2D eigenvalue weighted by atomic mass is 35.5. The third-order valence-electron chi connectivity index (χ3n) is 7.78. The van der Waals surface area contributed by atoms with Gasteiger partial charge < -0.3 is 38.0 Å². The van der Waals surface area contributed by atoms with Crippen molar-refractivity contribution >= 4 is 25.7 Å². The fraction of sp³-hybridized carbons (Fsp3) is 0.957. The monoisotopic (exact) mass is 522 g/mol. The van der Waals surface area contributed by atoms with Gasteiger partial charge in [0.15, 0.2) is 26.2 Å². The summed E-state index contributed by atoms with van der Waals surface area (Å²) in [5.74, 6) is -1.76. The Morgan fingerprint density at radius 3 is 2.41 bits per heavy atom. The maximum Gasteiger partial charge on any atom is 0.192 e. The number of rotatable bonds is 8. The van der Waals surface area contributed by atoms with Crippen LogP contribution in [0.3, 0.4) is 0 Å². The van der Waals surface area contributed by atoms with Gasteiger partial charge in [-0.2, -0.15) is 0 Å². The molecule has 0 unspecified atom stereocenters. The number of alkyl halides is 1. The van der Waals surface area contributed by atoms with Crippen LogP contribution >= 0.6 is 11.6 Å². The van der Waals surface area contributed by atoms with Gasteiger partial charge in [-0.1, -0.05) is 20.8 Å².